The lowest BCUT2D eigenvalue weighted by atomic mass is 10.0. The lowest BCUT2D eigenvalue weighted by Crippen LogP contribution is -2.35. The number of sulfone groups is 1. The van der Waals surface area contributed by atoms with Crippen LogP contribution in [0, 0.1) is 0 Å². The molecule has 0 saturated carbocycles. The van der Waals surface area contributed by atoms with Crippen LogP contribution in [0.15, 0.2) is 47.4 Å². The van der Waals surface area contributed by atoms with E-state index in [4.69, 9.17) is 9.47 Å². The fourth-order valence-electron chi connectivity index (χ4n) is 4.43. The third-order valence-electron chi connectivity index (χ3n) is 5.98. The summed E-state index contributed by atoms with van der Waals surface area (Å²) >= 11 is 0. The molecule has 2 aliphatic heterocycles. The number of hydrogen-bond donors (Lipinski definition) is 1. The third-order valence-corrected chi connectivity index (χ3v) is 7.69. The van der Waals surface area contributed by atoms with Crippen molar-refractivity contribution in [3.8, 4) is 22.7 Å². The van der Waals surface area contributed by atoms with E-state index in [1.54, 1.807) is 18.2 Å². The van der Waals surface area contributed by atoms with Gasteiger partial charge < -0.3 is 14.6 Å². The Morgan fingerprint density at radius 3 is 2.55 bits per heavy atom. The van der Waals surface area contributed by atoms with E-state index in [9.17, 15) is 18.3 Å². The topological polar surface area (TPSA) is 111 Å². The SMILES string of the molecule is COc1cccc2c1S(=O)(=O)Cc1c(C(=O)O)nn(-c3ccc(CN4CCOCC4)cc3)c1-2. The normalized spacial score (nSPS) is 17.2. The Hall–Kier alpha value is -3.21. The molecule has 2 aromatic carbocycles. The smallest absolute Gasteiger partial charge is 0.356 e. The third kappa shape index (κ3) is 3.79. The average Bonchev–Trinajstić information content (AvgIpc) is 3.19. The molecule has 1 aromatic heterocycles. The lowest BCUT2D eigenvalue weighted by molar-refractivity contribution is 0.0342. The molecule has 3 aromatic rings. The van der Waals surface area contributed by atoms with E-state index in [1.807, 2.05) is 24.3 Å². The molecule has 9 nitrogen and oxygen atoms in total. The second-order valence-corrected chi connectivity index (χ2v) is 9.97. The van der Waals surface area contributed by atoms with Gasteiger partial charge in [0.1, 0.15) is 10.6 Å². The highest BCUT2D eigenvalue weighted by Gasteiger charge is 2.38. The highest BCUT2D eigenvalue weighted by Crippen LogP contribution is 2.44. The first kappa shape index (κ1) is 21.6. The van der Waals surface area contributed by atoms with Gasteiger partial charge >= 0.3 is 5.97 Å². The standard InChI is InChI=1S/C23H23N3O6S/c1-31-19-4-2-3-17-21-18(14-33(29,30)22(17)19)20(23(27)28)24-26(21)16-7-5-15(6-8-16)13-25-9-11-32-12-10-25/h2-8H,9-14H2,1H3,(H,27,28). The minimum absolute atomic E-state index is 0.0574. The summed E-state index contributed by atoms with van der Waals surface area (Å²) in [5.74, 6) is -1.49. The van der Waals surface area contributed by atoms with Gasteiger partial charge in [0.15, 0.2) is 15.5 Å². The number of morpholine rings is 1. The zero-order valence-corrected chi connectivity index (χ0v) is 18.8. The minimum Gasteiger partial charge on any atom is -0.495 e. The van der Waals surface area contributed by atoms with Gasteiger partial charge in [-0.3, -0.25) is 4.90 Å². The zero-order valence-electron chi connectivity index (χ0n) is 18.0. The molecule has 0 aliphatic carbocycles. The Bertz CT molecular complexity index is 1320. The van der Waals surface area contributed by atoms with Gasteiger partial charge in [-0.1, -0.05) is 24.3 Å². The van der Waals surface area contributed by atoms with E-state index in [1.165, 1.54) is 11.8 Å². The van der Waals surface area contributed by atoms with Crippen molar-refractivity contribution in [2.24, 2.45) is 0 Å². The van der Waals surface area contributed by atoms with Crippen LogP contribution in [-0.4, -0.2) is 67.6 Å². The van der Waals surface area contributed by atoms with Crippen molar-refractivity contribution < 1.29 is 27.8 Å². The van der Waals surface area contributed by atoms with E-state index < -0.39 is 21.6 Å². The highest BCUT2D eigenvalue weighted by molar-refractivity contribution is 7.91. The summed E-state index contributed by atoms with van der Waals surface area (Å²) in [6.45, 7) is 4.00. The van der Waals surface area contributed by atoms with Crippen molar-refractivity contribution in [1.29, 1.82) is 0 Å². The molecule has 0 bridgehead atoms. The summed E-state index contributed by atoms with van der Waals surface area (Å²) in [6.07, 6.45) is 0. The number of rotatable bonds is 5. The molecule has 3 heterocycles. The quantitative estimate of drug-likeness (QED) is 0.606. The second kappa shape index (κ2) is 8.29. The zero-order chi connectivity index (χ0) is 23.2. The van der Waals surface area contributed by atoms with Gasteiger partial charge in [-0.25, -0.2) is 17.9 Å². The first-order chi connectivity index (χ1) is 15.9. The fourth-order valence-corrected chi connectivity index (χ4v) is 6.18. The number of benzene rings is 2. The van der Waals surface area contributed by atoms with Crippen molar-refractivity contribution >= 4 is 15.8 Å². The molecule has 1 N–H and O–H groups in total. The molecule has 2 aliphatic rings. The predicted octanol–water partition coefficient (Wildman–Crippen LogP) is 2.37. The molecule has 0 unspecified atom stereocenters. The van der Waals surface area contributed by atoms with Crippen LogP contribution in [0.25, 0.3) is 16.9 Å². The maximum Gasteiger partial charge on any atom is 0.356 e. The van der Waals surface area contributed by atoms with Gasteiger partial charge in [0, 0.05) is 30.8 Å². The Kier molecular flexibility index (Phi) is 5.43. The van der Waals surface area contributed by atoms with Crippen molar-refractivity contribution in [2.75, 3.05) is 33.4 Å². The van der Waals surface area contributed by atoms with Gasteiger partial charge in [0.2, 0.25) is 0 Å². The van der Waals surface area contributed by atoms with Crippen LogP contribution in [0.1, 0.15) is 21.6 Å². The van der Waals surface area contributed by atoms with Gasteiger partial charge in [-0.15, -0.1) is 0 Å². The molecule has 0 spiro atoms. The van der Waals surface area contributed by atoms with Gasteiger partial charge in [-0.2, -0.15) is 5.10 Å². The number of methoxy groups -OCH3 is 1. The largest absolute Gasteiger partial charge is 0.495 e. The molecule has 0 amide bonds. The molecule has 1 fully saturated rings. The number of hydrogen-bond acceptors (Lipinski definition) is 7. The van der Waals surface area contributed by atoms with Gasteiger partial charge in [-0.05, 0) is 23.8 Å². The predicted molar refractivity (Wildman–Crippen MR) is 119 cm³/mol. The Morgan fingerprint density at radius 2 is 1.88 bits per heavy atom. The fraction of sp³-hybridized carbons (Fsp3) is 0.304. The van der Waals surface area contributed by atoms with Crippen LogP contribution in [0.4, 0.5) is 0 Å². The summed E-state index contributed by atoms with van der Waals surface area (Å²) in [4.78, 5) is 14.3. The molecule has 0 radical (unpaired) electrons. The van der Waals surface area contributed by atoms with E-state index in [2.05, 4.69) is 10.00 Å². The van der Waals surface area contributed by atoms with E-state index in [0.717, 1.165) is 38.4 Å². The first-order valence-electron chi connectivity index (χ1n) is 10.5. The van der Waals surface area contributed by atoms with Crippen molar-refractivity contribution in [1.82, 2.24) is 14.7 Å². The average molecular weight is 470 g/mol. The molecule has 33 heavy (non-hydrogen) atoms. The summed E-state index contributed by atoms with van der Waals surface area (Å²) < 4.78 is 38.3. The molecular weight excluding hydrogens is 446 g/mol. The Balaban J connectivity index is 1.61. The van der Waals surface area contributed by atoms with Crippen LogP contribution >= 0.6 is 0 Å². The van der Waals surface area contributed by atoms with Crippen LogP contribution in [0.2, 0.25) is 0 Å². The summed E-state index contributed by atoms with van der Waals surface area (Å²) in [5, 5.41) is 14.0. The highest BCUT2D eigenvalue weighted by atomic mass is 32.2. The molecule has 10 heteroatoms. The monoisotopic (exact) mass is 469 g/mol. The number of aromatic carboxylic acids is 1. The van der Waals surface area contributed by atoms with Crippen LogP contribution in [0.3, 0.4) is 0 Å². The first-order valence-corrected chi connectivity index (χ1v) is 12.2. The Morgan fingerprint density at radius 1 is 1.15 bits per heavy atom. The molecular formula is C23H23N3O6S. The maximum absolute atomic E-state index is 13.0. The van der Waals surface area contributed by atoms with E-state index in [0.29, 0.717) is 16.9 Å². The number of carbonyl (C=O) groups is 1. The summed E-state index contributed by atoms with van der Waals surface area (Å²) in [5.41, 5.74) is 2.52. The minimum atomic E-state index is -3.80. The van der Waals surface area contributed by atoms with Gasteiger partial charge in [0.25, 0.3) is 0 Å². The molecule has 172 valence electrons. The molecule has 5 rings (SSSR count). The maximum atomic E-state index is 13.0. The number of carboxylic acids is 1. The summed E-state index contributed by atoms with van der Waals surface area (Å²) in [7, 11) is -2.39. The number of nitrogens with zero attached hydrogens (tertiary/aromatic N) is 3. The second-order valence-electron chi connectivity index (χ2n) is 8.04. The van der Waals surface area contributed by atoms with Crippen LogP contribution in [-0.2, 0) is 26.9 Å². The van der Waals surface area contributed by atoms with Crippen molar-refractivity contribution in [3.63, 3.8) is 0 Å². The molecule has 0 atom stereocenters. The number of ether oxygens (including phenoxy) is 2. The van der Waals surface area contributed by atoms with E-state index in [-0.39, 0.29) is 21.9 Å². The van der Waals surface area contributed by atoms with Crippen molar-refractivity contribution in [3.05, 3.63) is 59.3 Å². The number of carboxylic acid groups (broad SMARTS) is 1. The van der Waals surface area contributed by atoms with Gasteiger partial charge in [0.05, 0.1) is 37.5 Å². The van der Waals surface area contributed by atoms with E-state index >= 15 is 0 Å². The number of aromatic nitrogens is 2. The molecule has 1 saturated heterocycles. The number of fused-ring (bicyclic) bond motifs is 3. The summed E-state index contributed by atoms with van der Waals surface area (Å²) in [6, 6.07) is 12.6. The lowest BCUT2D eigenvalue weighted by Gasteiger charge is -2.26. The Labute approximate surface area is 191 Å². The van der Waals surface area contributed by atoms with Crippen LogP contribution < -0.4 is 4.74 Å². The van der Waals surface area contributed by atoms with Crippen LogP contribution in [0.5, 0.6) is 5.75 Å². The van der Waals surface area contributed by atoms with Crippen molar-refractivity contribution in [2.45, 2.75) is 17.2 Å².